The highest BCUT2D eigenvalue weighted by atomic mass is 16.6. The van der Waals surface area contributed by atoms with Crippen molar-refractivity contribution < 1.29 is 14.2 Å². The van der Waals surface area contributed by atoms with Crippen LogP contribution in [-0.2, 0) is 9.47 Å². The molecule has 2 bridgehead atoms. The molecular weight excluding hydrogens is 288 g/mol. The van der Waals surface area contributed by atoms with E-state index in [2.05, 4.69) is 43.3 Å². The second-order valence-electron chi connectivity index (χ2n) is 6.95. The minimum absolute atomic E-state index is 0.0401. The van der Waals surface area contributed by atoms with Gasteiger partial charge in [0.2, 0.25) is 0 Å². The first-order valence-corrected chi connectivity index (χ1v) is 8.27. The van der Waals surface area contributed by atoms with Crippen LogP contribution in [0.4, 0.5) is 0 Å². The zero-order valence-corrected chi connectivity index (χ0v) is 13.4. The van der Waals surface area contributed by atoms with Crippen LogP contribution in [0, 0.1) is 0 Å². The van der Waals surface area contributed by atoms with Gasteiger partial charge in [0.1, 0.15) is 11.4 Å². The van der Waals surface area contributed by atoms with Crippen molar-refractivity contribution in [1.29, 1.82) is 0 Å². The third-order valence-corrected chi connectivity index (χ3v) is 5.82. The van der Waals surface area contributed by atoms with Crippen molar-refractivity contribution in [3.63, 3.8) is 0 Å². The minimum atomic E-state index is -0.219. The number of fused-ring (bicyclic) bond motifs is 4. The highest BCUT2D eigenvalue weighted by Gasteiger charge is 2.63. The van der Waals surface area contributed by atoms with E-state index in [1.807, 2.05) is 12.1 Å². The number of benzene rings is 2. The Morgan fingerprint density at radius 2 is 1.78 bits per heavy atom. The Hall–Kier alpha value is -1.84. The highest BCUT2D eigenvalue weighted by Crippen LogP contribution is 2.64. The summed E-state index contributed by atoms with van der Waals surface area (Å²) in [6.07, 6.45) is 1.35. The lowest BCUT2D eigenvalue weighted by molar-refractivity contribution is -0.0591. The van der Waals surface area contributed by atoms with Crippen LogP contribution in [0.1, 0.15) is 48.2 Å². The molecule has 3 aliphatic heterocycles. The van der Waals surface area contributed by atoms with Crippen LogP contribution in [-0.4, -0.2) is 18.8 Å². The van der Waals surface area contributed by atoms with Gasteiger partial charge in [-0.05, 0) is 35.7 Å². The van der Waals surface area contributed by atoms with Gasteiger partial charge < -0.3 is 14.2 Å². The molecular formula is C20H20O3. The molecule has 23 heavy (non-hydrogen) atoms. The number of methoxy groups -OCH3 is 1. The van der Waals surface area contributed by atoms with E-state index >= 15 is 0 Å². The van der Waals surface area contributed by atoms with Crippen LogP contribution in [0.3, 0.4) is 0 Å². The third-order valence-electron chi connectivity index (χ3n) is 5.82. The van der Waals surface area contributed by atoms with E-state index in [0.717, 1.165) is 12.2 Å². The molecule has 0 saturated carbocycles. The smallest absolute Gasteiger partial charge is 0.118 e. The van der Waals surface area contributed by atoms with E-state index in [0.29, 0.717) is 0 Å². The van der Waals surface area contributed by atoms with Gasteiger partial charge in [-0.2, -0.15) is 0 Å². The van der Waals surface area contributed by atoms with E-state index < -0.39 is 0 Å². The fourth-order valence-corrected chi connectivity index (χ4v) is 4.69. The average Bonchev–Trinajstić information content (AvgIpc) is 3.02. The molecule has 0 radical (unpaired) electrons. The molecule has 5 unspecified atom stereocenters. The summed E-state index contributed by atoms with van der Waals surface area (Å²) in [6, 6.07) is 16.9. The molecule has 2 aromatic rings. The number of rotatable bonds is 2. The van der Waals surface area contributed by atoms with Gasteiger partial charge in [0, 0.05) is 12.3 Å². The first-order chi connectivity index (χ1) is 11.2. The SMILES string of the molecule is COc1ccc(C2OC3CC4OC3(C)C2c2ccccc24)cc1. The zero-order valence-electron chi connectivity index (χ0n) is 13.4. The van der Waals surface area contributed by atoms with Crippen LogP contribution in [0.15, 0.2) is 48.5 Å². The van der Waals surface area contributed by atoms with E-state index in [9.17, 15) is 0 Å². The van der Waals surface area contributed by atoms with Crippen molar-refractivity contribution in [1.82, 2.24) is 0 Å². The van der Waals surface area contributed by atoms with Crippen LogP contribution in [0.2, 0.25) is 0 Å². The molecule has 2 saturated heterocycles. The Balaban J connectivity index is 1.63. The summed E-state index contributed by atoms with van der Waals surface area (Å²) >= 11 is 0. The minimum Gasteiger partial charge on any atom is -0.497 e. The van der Waals surface area contributed by atoms with Gasteiger partial charge in [-0.1, -0.05) is 36.4 Å². The maximum atomic E-state index is 6.47. The number of ether oxygens (including phenoxy) is 3. The molecule has 5 atom stereocenters. The standard InChI is InChI=1S/C20H20O3/c1-20-17-11-16(23-20)14-5-3-4-6-15(14)18(20)19(22-17)12-7-9-13(21-2)10-8-12/h3-10,16-19H,11H2,1-2H3. The lowest BCUT2D eigenvalue weighted by Gasteiger charge is -2.38. The Labute approximate surface area is 136 Å². The Bertz CT molecular complexity index is 754. The van der Waals surface area contributed by atoms with E-state index in [4.69, 9.17) is 14.2 Å². The fourth-order valence-electron chi connectivity index (χ4n) is 4.69. The highest BCUT2D eigenvalue weighted by molar-refractivity contribution is 5.44. The monoisotopic (exact) mass is 308 g/mol. The van der Waals surface area contributed by atoms with Gasteiger partial charge in [-0.15, -0.1) is 0 Å². The predicted octanol–water partition coefficient (Wildman–Crippen LogP) is 4.15. The quantitative estimate of drug-likeness (QED) is 0.834. The van der Waals surface area contributed by atoms with Crippen molar-refractivity contribution in [2.45, 2.75) is 43.2 Å². The van der Waals surface area contributed by atoms with Crippen molar-refractivity contribution in [3.8, 4) is 5.75 Å². The summed E-state index contributed by atoms with van der Waals surface area (Å²) in [5.74, 6) is 1.12. The van der Waals surface area contributed by atoms with Gasteiger partial charge in [-0.3, -0.25) is 0 Å². The maximum absolute atomic E-state index is 6.47. The first-order valence-electron chi connectivity index (χ1n) is 8.27. The fraction of sp³-hybridized carbons (Fsp3) is 0.400. The van der Waals surface area contributed by atoms with E-state index in [1.54, 1.807) is 7.11 Å². The van der Waals surface area contributed by atoms with E-state index in [-0.39, 0.29) is 29.8 Å². The first kappa shape index (κ1) is 13.6. The largest absolute Gasteiger partial charge is 0.497 e. The molecule has 2 aromatic carbocycles. The molecule has 2 fully saturated rings. The van der Waals surface area contributed by atoms with Gasteiger partial charge >= 0.3 is 0 Å². The van der Waals surface area contributed by atoms with Crippen LogP contribution >= 0.6 is 0 Å². The van der Waals surface area contributed by atoms with Gasteiger partial charge in [-0.25, -0.2) is 0 Å². The topological polar surface area (TPSA) is 27.7 Å². The Morgan fingerprint density at radius 1 is 1.04 bits per heavy atom. The summed E-state index contributed by atoms with van der Waals surface area (Å²) in [6.45, 7) is 2.22. The molecule has 0 spiro atoms. The molecule has 5 rings (SSSR count). The molecule has 3 heterocycles. The summed E-state index contributed by atoms with van der Waals surface area (Å²) in [5, 5.41) is 0. The van der Waals surface area contributed by atoms with E-state index in [1.165, 1.54) is 16.7 Å². The number of hydrogen-bond acceptors (Lipinski definition) is 3. The molecule has 118 valence electrons. The Morgan fingerprint density at radius 3 is 2.52 bits per heavy atom. The normalized spacial score (nSPS) is 36.8. The Kier molecular flexibility index (Phi) is 2.71. The summed E-state index contributed by atoms with van der Waals surface area (Å²) < 4.78 is 18.2. The lowest BCUT2D eigenvalue weighted by atomic mass is 9.76. The van der Waals surface area contributed by atoms with Crippen molar-refractivity contribution >= 4 is 0 Å². The molecule has 0 aliphatic carbocycles. The second kappa shape index (κ2) is 4.59. The summed E-state index contributed by atoms with van der Waals surface area (Å²) in [7, 11) is 1.69. The number of hydrogen-bond donors (Lipinski definition) is 0. The van der Waals surface area contributed by atoms with Crippen molar-refractivity contribution in [2.75, 3.05) is 7.11 Å². The molecule has 3 heteroatoms. The summed E-state index contributed by atoms with van der Waals surface area (Å²) in [5.41, 5.74) is 3.72. The van der Waals surface area contributed by atoms with Gasteiger partial charge in [0.25, 0.3) is 0 Å². The molecule has 0 aromatic heterocycles. The molecule has 3 nitrogen and oxygen atoms in total. The summed E-state index contributed by atoms with van der Waals surface area (Å²) in [4.78, 5) is 0. The molecule has 0 N–H and O–H groups in total. The van der Waals surface area contributed by atoms with Gasteiger partial charge in [0.15, 0.2) is 0 Å². The third kappa shape index (κ3) is 1.72. The van der Waals surface area contributed by atoms with Crippen LogP contribution < -0.4 is 4.74 Å². The van der Waals surface area contributed by atoms with Crippen molar-refractivity contribution in [3.05, 3.63) is 65.2 Å². The predicted molar refractivity (Wildman–Crippen MR) is 86.6 cm³/mol. The lowest BCUT2D eigenvalue weighted by Crippen LogP contribution is -2.39. The molecule has 0 amide bonds. The average molecular weight is 308 g/mol. The van der Waals surface area contributed by atoms with Crippen LogP contribution in [0.5, 0.6) is 5.75 Å². The molecule has 3 aliphatic rings. The second-order valence-corrected chi connectivity index (χ2v) is 6.95. The zero-order chi connectivity index (χ0) is 15.6. The van der Waals surface area contributed by atoms with Gasteiger partial charge in [0.05, 0.1) is 25.4 Å². The van der Waals surface area contributed by atoms with Crippen molar-refractivity contribution in [2.24, 2.45) is 0 Å². The van der Waals surface area contributed by atoms with Crippen LogP contribution in [0.25, 0.3) is 0 Å². The maximum Gasteiger partial charge on any atom is 0.118 e.